The number of para-hydroxylation sites is 1. The third-order valence-electron chi connectivity index (χ3n) is 5.92. The minimum atomic E-state index is -0.284. The van der Waals surface area contributed by atoms with Crippen LogP contribution in [0.4, 0.5) is 5.82 Å². The number of anilines is 1. The first-order valence-corrected chi connectivity index (χ1v) is 7.76. The van der Waals surface area contributed by atoms with Gasteiger partial charge in [-0.25, -0.2) is 4.68 Å². The van der Waals surface area contributed by atoms with Crippen LogP contribution in [0, 0.1) is 10.8 Å². The number of fused-ring (bicyclic) bond motifs is 2. The average molecular weight is 296 g/mol. The van der Waals surface area contributed by atoms with Crippen molar-refractivity contribution in [3.8, 4) is 5.69 Å². The molecule has 1 aromatic heterocycles. The molecule has 114 valence electrons. The van der Waals surface area contributed by atoms with E-state index in [9.17, 15) is 4.79 Å². The van der Waals surface area contributed by atoms with Crippen LogP contribution < -0.4 is 4.90 Å². The van der Waals surface area contributed by atoms with Gasteiger partial charge in [0.2, 0.25) is 5.91 Å². The lowest BCUT2D eigenvalue weighted by Crippen LogP contribution is -2.40. The van der Waals surface area contributed by atoms with Crippen LogP contribution >= 0.6 is 0 Å². The lowest BCUT2D eigenvalue weighted by molar-refractivity contribution is -0.128. The zero-order valence-corrected chi connectivity index (χ0v) is 13.2. The lowest BCUT2D eigenvalue weighted by Gasteiger charge is -2.29. The summed E-state index contributed by atoms with van der Waals surface area (Å²) in [5, 5.41) is 8.45. The summed E-state index contributed by atoms with van der Waals surface area (Å²) in [5.41, 5.74) is 0.637. The quantitative estimate of drug-likeness (QED) is 0.856. The molecule has 5 heteroatoms. The summed E-state index contributed by atoms with van der Waals surface area (Å²) in [6.45, 7) is 6.49. The number of carbonyl (C=O) groups is 1. The normalized spacial score (nSPS) is 29.3. The molecular formula is C17H20N4O. The molecule has 1 aliphatic heterocycles. The molecule has 0 N–H and O–H groups in total. The standard InChI is InChI=1S/C17H20N4O/c1-16(2)13-9-10-17(16,3)15(22)21(13)14-11-20(19-18-14)12-7-5-4-6-8-12/h4-8,11,13H,9-10H2,1-3H3/t13-,17-/m0/s1. The fourth-order valence-corrected chi connectivity index (χ4v) is 4.05. The van der Waals surface area contributed by atoms with Crippen LogP contribution in [0.5, 0.6) is 0 Å². The topological polar surface area (TPSA) is 51.0 Å². The van der Waals surface area contributed by atoms with Gasteiger partial charge in [-0.05, 0) is 30.4 Å². The Labute approximate surface area is 129 Å². The van der Waals surface area contributed by atoms with Crippen LogP contribution in [-0.4, -0.2) is 26.9 Å². The fourth-order valence-electron chi connectivity index (χ4n) is 4.05. The van der Waals surface area contributed by atoms with Crippen LogP contribution in [0.2, 0.25) is 0 Å². The summed E-state index contributed by atoms with van der Waals surface area (Å²) in [4.78, 5) is 14.8. The molecule has 2 atom stereocenters. The summed E-state index contributed by atoms with van der Waals surface area (Å²) in [6.07, 6.45) is 3.85. The van der Waals surface area contributed by atoms with E-state index in [1.54, 1.807) is 4.68 Å². The van der Waals surface area contributed by atoms with E-state index in [-0.39, 0.29) is 22.8 Å². The van der Waals surface area contributed by atoms with Crippen molar-refractivity contribution in [2.75, 3.05) is 4.90 Å². The van der Waals surface area contributed by atoms with Gasteiger partial charge in [0.05, 0.1) is 17.3 Å². The van der Waals surface area contributed by atoms with Crippen molar-refractivity contribution in [3.05, 3.63) is 36.5 Å². The fraction of sp³-hybridized carbons (Fsp3) is 0.471. The van der Waals surface area contributed by atoms with E-state index >= 15 is 0 Å². The lowest BCUT2D eigenvalue weighted by atomic mass is 9.70. The largest absolute Gasteiger partial charge is 0.290 e. The molecule has 2 aromatic rings. The Bertz CT molecular complexity index is 736. The molecule has 2 heterocycles. The first-order chi connectivity index (χ1) is 10.4. The van der Waals surface area contributed by atoms with Crippen molar-refractivity contribution in [2.45, 2.75) is 39.7 Å². The number of hydrogen-bond acceptors (Lipinski definition) is 3. The number of piperidine rings is 1. The third-order valence-corrected chi connectivity index (χ3v) is 5.92. The van der Waals surface area contributed by atoms with Crippen LogP contribution in [0.3, 0.4) is 0 Å². The highest BCUT2D eigenvalue weighted by Crippen LogP contribution is 2.61. The molecule has 0 radical (unpaired) electrons. The Morgan fingerprint density at radius 3 is 2.55 bits per heavy atom. The van der Waals surface area contributed by atoms with Crippen molar-refractivity contribution in [1.29, 1.82) is 0 Å². The van der Waals surface area contributed by atoms with Gasteiger partial charge in [0, 0.05) is 6.04 Å². The summed E-state index contributed by atoms with van der Waals surface area (Å²) < 4.78 is 1.73. The average Bonchev–Trinajstić information content (AvgIpc) is 3.11. The predicted molar refractivity (Wildman–Crippen MR) is 83.8 cm³/mol. The van der Waals surface area contributed by atoms with Crippen LogP contribution in [-0.2, 0) is 4.79 Å². The number of hydrogen-bond donors (Lipinski definition) is 0. The van der Waals surface area contributed by atoms with E-state index in [4.69, 9.17) is 0 Å². The zero-order chi connectivity index (χ0) is 15.5. The predicted octanol–water partition coefficient (Wildman–Crippen LogP) is 2.81. The summed E-state index contributed by atoms with van der Waals surface area (Å²) in [6, 6.07) is 10.1. The van der Waals surface area contributed by atoms with Crippen LogP contribution in [0.15, 0.2) is 36.5 Å². The van der Waals surface area contributed by atoms with E-state index in [0.717, 1.165) is 18.5 Å². The van der Waals surface area contributed by atoms with Gasteiger partial charge in [-0.15, -0.1) is 5.10 Å². The number of nitrogens with zero attached hydrogens (tertiary/aromatic N) is 4. The molecule has 1 aromatic carbocycles. The highest BCUT2D eigenvalue weighted by atomic mass is 16.2. The Morgan fingerprint density at radius 2 is 1.91 bits per heavy atom. The molecule has 1 amide bonds. The molecule has 4 rings (SSSR count). The van der Waals surface area contributed by atoms with Gasteiger partial charge in [-0.3, -0.25) is 9.69 Å². The first-order valence-electron chi connectivity index (χ1n) is 7.76. The molecule has 2 aliphatic rings. The summed E-state index contributed by atoms with van der Waals surface area (Å²) >= 11 is 0. The van der Waals surface area contributed by atoms with Gasteiger partial charge < -0.3 is 0 Å². The molecule has 22 heavy (non-hydrogen) atoms. The summed E-state index contributed by atoms with van der Waals surface area (Å²) in [7, 11) is 0. The van der Waals surface area contributed by atoms with Crippen molar-refractivity contribution >= 4 is 11.7 Å². The van der Waals surface area contributed by atoms with Gasteiger partial charge in [0.25, 0.3) is 0 Å². The van der Waals surface area contributed by atoms with Crippen LogP contribution in [0.1, 0.15) is 33.6 Å². The minimum absolute atomic E-state index is 0.0272. The highest BCUT2D eigenvalue weighted by molar-refractivity contribution is 6.01. The maximum absolute atomic E-state index is 12.9. The van der Waals surface area contributed by atoms with Crippen LogP contribution in [0.25, 0.3) is 5.69 Å². The number of amides is 1. The third kappa shape index (κ3) is 1.51. The van der Waals surface area contributed by atoms with E-state index in [1.807, 2.05) is 41.4 Å². The second-order valence-corrected chi connectivity index (χ2v) is 7.14. The van der Waals surface area contributed by atoms with Crippen molar-refractivity contribution in [2.24, 2.45) is 10.8 Å². The molecule has 1 aliphatic carbocycles. The molecule has 0 unspecified atom stereocenters. The van der Waals surface area contributed by atoms with Crippen molar-refractivity contribution in [1.82, 2.24) is 15.0 Å². The Morgan fingerprint density at radius 1 is 1.18 bits per heavy atom. The number of benzene rings is 1. The van der Waals surface area contributed by atoms with Gasteiger partial charge in [-0.1, -0.05) is 44.2 Å². The molecule has 1 saturated carbocycles. The van der Waals surface area contributed by atoms with E-state index in [1.165, 1.54) is 0 Å². The van der Waals surface area contributed by atoms with Crippen molar-refractivity contribution in [3.63, 3.8) is 0 Å². The van der Waals surface area contributed by atoms with Gasteiger partial charge >= 0.3 is 0 Å². The molecule has 0 spiro atoms. The van der Waals surface area contributed by atoms with E-state index < -0.39 is 0 Å². The highest BCUT2D eigenvalue weighted by Gasteiger charge is 2.66. The molecule has 2 bridgehead atoms. The molecular weight excluding hydrogens is 276 g/mol. The molecule has 1 saturated heterocycles. The maximum atomic E-state index is 12.9. The first kappa shape index (κ1) is 13.5. The monoisotopic (exact) mass is 296 g/mol. The zero-order valence-electron chi connectivity index (χ0n) is 13.2. The smallest absolute Gasteiger partial charge is 0.235 e. The second kappa shape index (κ2) is 4.18. The van der Waals surface area contributed by atoms with Gasteiger partial charge in [0.15, 0.2) is 5.82 Å². The molecule has 2 fully saturated rings. The molecule has 5 nitrogen and oxygen atoms in total. The Hall–Kier alpha value is -2.17. The van der Waals surface area contributed by atoms with Crippen molar-refractivity contribution < 1.29 is 4.79 Å². The Kier molecular flexibility index (Phi) is 2.56. The van der Waals surface area contributed by atoms with E-state index in [0.29, 0.717) is 5.82 Å². The number of carbonyl (C=O) groups excluding carboxylic acids is 1. The number of aromatic nitrogens is 3. The summed E-state index contributed by atoms with van der Waals surface area (Å²) in [5.74, 6) is 0.851. The van der Waals surface area contributed by atoms with E-state index in [2.05, 4.69) is 31.1 Å². The second-order valence-electron chi connectivity index (χ2n) is 7.14. The van der Waals surface area contributed by atoms with Gasteiger partial charge in [0.1, 0.15) is 0 Å². The van der Waals surface area contributed by atoms with Gasteiger partial charge in [-0.2, -0.15) is 0 Å². The Balaban J connectivity index is 1.73. The number of rotatable bonds is 2. The minimum Gasteiger partial charge on any atom is -0.290 e. The maximum Gasteiger partial charge on any atom is 0.235 e. The SMILES string of the molecule is CC1(C)[C@@H]2CC[C@@]1(C)C(=O)N2c1cn(-c2ccccc2)nn1.